The first-order valence-electron chi connectivity index (χ1n) is 10.6. The Hall–Kier alpha value is -3.60. The maximum absolute atomic E-state index is 13.3. The van der Waals surface area contributed by atoms with Crippen LogP contribution in [0.25, 0.3) is 21.3 Å². The third kappa shape index (κ3) is 3.67. The second kappa shape index (κ2) is 8.07. The predicted molar refractivity (Wildman–Crippen MR) is 120 cm³/mol. The van der Waals surface area contributed by atoms with Crippen molar-refractivity contribution in [3.63, 3.8) is 0 Å². The van der Waals surface area contributed by atoms with Gasteiger partial charge in [0.25, 0.3) is 17.4 Å². The second-order valence-corrected chi connectivity index (χ2v) is 9.11. The number of aromatic nitrogens is 2. The third-order valence-corrected chi connectivity index (χ3v) is 7.04. The van der Waals surface area contributed by atoms with Gasteiger partial charge in [-0.3, -0.25) is 24.7 Å². The fraction of sp³-hybridized carbons (Fsp3) is 0.318. The van der Waals surface area contributed by atoms with Crippen molar-refractivity contribution in [3.05, 3.63) is 52.1 Å². The minimum absolute atomic E-state index is 0.283. The molecular formula is C22H20FN5O4S. The van der Waals surface area contributed by atoms with E-state index in [1.165, 1.54) is 29.8 Å². The molecule has 33 heavy (non-hydrogen) atoms. The highest BCUT2D eigenvalue weighted by molar-refractivity contribution is 7.17. The van der Waals surface area contributed by atoms with E-state index in [-0.39, 0.29) is 5.39 Å². The van der Waals surface area contributed by atoms with Gasteiger partial charge in [0.05, 0.1) is 5.39 Å². The fourth-order valence-electron chi connectivity index (χ4n) is 4.48. The van der Waals surface area contributed by atoms with Gasteiger partial charge < -0.3 is 5.32 Å². The average molecular weight is 469 g/mol. The Morgan fingerprint density at radius 3 is 2.61 bits per heavy atom. The van der Waals surface area contributed by atoms with E-state index in [1.807, 2.05) is 0 Å². The summed E-state index contributed by atoms with van der Waals surface area (Å²) in [6, 6.07) is 5.12. The van der Waals surface area contributed by atoms with Gasteiger partial charge in [0.15, 0.2) is 0 Å². The highest BCUT2D eigenvalue weighted by Crippen LogP contribution is 2.33. The number of amides is 4. The molecule has 4 amide bonds. The summed E-state index contributed by atoms with van der Waals surface area (Å²) in [4.78, 5) is 56.6. The lowest BCUT2D eigenvalue weighted by atomic mass is 9.82. The number of carbonyl (C=O) groups excluding carboxylic acids is 3. The maximum Gasteiger partial charge on any atom is 0.325 e. The van der Waals surface area contributed by atoms with Crippen LogP contribution in [0.2, 0.25) is 0 Å². The van der Waals surface area contributed by atoms with Crippen molar-refractivity contribution in [2.75, 3.05) is 12.0 Å². The molecule has 0 atom stereocenters. The number of rotatable bonds is 4. The summed E-state index contributed by atoms with van der Waals surface area (Å²) in [5.41, 5.74) is 2.19. The molecular weight excluding hydrogens is 449 g/mol. The number of hydrogen-bond donors (Lipinski definition) is 2. The summed E-state index contributed by atoms with van der Waals surface area (Å²) in [6.07, 6.45) is 4.97. The van der Waals surface area contributed by atoms with Crippen molar-refractivity contribution in [3.8, 4) is 11.1 Å². The molecule has 3 heterocycles. The van der Waals surface area contributed by atoms with E-state index in [9.17, 15) is 23.6 Å². The zero-order chi connectivity index (χ0) is 23.2. The molecule has 2 aromatic heterocycles. The summed E-state index contributed by atoms with van der Waals surface area (Å²) < 4.78 is 14.2. The zero-order valence-electron chi connectivity index (χ0n) is 17.5. The summed E-state index contributed by atoms with van der Waals surface area (Å²) in [5, 5.41) is 4.78. The SMILES string of the molecule is O=C(CN1C(=O)NC2(CCCCC2)C1=O)Nn1cnc2scc(-c3ccc(F)cc3)c2c1=O. The van der Waals surface area contributed by atoms with Gasteiger partial charge in [-0.2, -0.15) is 0 Å². The lowest BCUT2D eigenvalue weighted by molar-refractivity contribution is -0.135. The Labute approximate surface area is 191 Å². The largest absolute Gasteiger partial charge is 0.325 e. The number of nitrogens with one attached hydrogen (secondary N) is 2. The highest BCUT2D eigenvalue weighted by atomic mass is 32.1. The van der Waals surface area contributed by atoms with E-state index in [1.54, 1.807) is 17.5 Å². The molecule has 0 radical (unpaired) electrons. The van der Waals surface area contributed by atoms with Crippen LogP contribution in [0.15, 0.2) is 40.8 Å². The fourth-order valence-corrected chi connectivity index (χ4v) is 5.39. The number of urea groups is 1. The van der Waals surface area contributed by atoms with E-state index >= 15 is 0 Å². The van der Waals surface area contributed by atoms with Crippen LogP contribution in [0.1, 0.15) is 32.1 Å². The molecule has 0 bridgehead atoms. The molecule has 2 N–H and O–H groups in total. The van der Waals surface area contributed by atoms with E-state index in [2.05, 4.69) is 15.7 Å². The predicted octanol–water partition coefficient (Wildman–Crippen LogP) is 2.59. The summed E-state index contributed by atoms with van der Waals surface area (Å²) in [5.74, 6) is -1.50. The van der Waals surface area contributed by atoms with E-state index in [0.717, 1.165) is 28.8 Å². The van der Waals surface area contributed by atoms with Crippen molar-refractivity contribution < 1.29 is 18.8 Å². The van der Waals surface area contributed by atoms with Crippen LogP contribution in [0.4, 0.5) is 9.18 Å². The van der Waals surface area contributed by atoms with E-state index < -0.39 is 41.3 Å². The first kappa shape index (κ1) is 21.3. The number of fused-ring (bicyclic) bond motifs is 1. The van der Waals surface area contributed by atoms with E-state index in [4.69, 9.17) is 0 Å². The van der Waals surface area contributed by atoms with Gasteiger partial charge in [0.1, 0.15) is 29.1 Å². The maximum atomic E-state index is 13.3. The normalized spacial score (nSPS) is 17.5. The summed E-state index contributed by atoms with van der Waals surface area (Å²) in [7, 11) is 0. The van der Waals surface area contributed by atoms with Crippen LogP contribution in [0, 0.1) is 5.82 Å². The Morgan fingerprint density at radius 1 is 1.15 bits per heavy atom. The Kier molecular flexibility index (Phi) is 5.20. The number of nitrogens with zero attached hydrogens (tertiary/aromatic N) is 3. The molecule has 2 aliphatic rings. The molecule has 1 aliphatic carbocycles. The topological polar surface area (TPSA) is 113 Å². The van der Waals surface area contributed by atoms with Crippen molar-refractivity contribution in [1.82, 2.24) is 19.9 Å². The molecule has 1 aromatic carbocycles. The van der Waals surface area contributed by atoms with Crippen molar-refractivity contribution >= 4 is 39.4 Å². The highest BCUT2D eigenvalue weighted by Gasteiger charge is 2.51. The molecule has 2 fully saturated rings. The van der Waals surface area contributed by atoms with Crippen LogP contribution in [-0.2, 0) is 9.59 Å². The number of hydrogen-bond acceptors (Lipinski definition) is 6. The lowest BCUT2D eigenvalue weighted by Crippen LogP contribution is -2.49. The van der Waals surface area contributed by atoms with Crippen molar-refractivity contribution in [1.29, 1.82) is 0 Å². The molecule has 11 heteroatoms. The van der Waals surface area contributed by atoms with Crippen LogP contribution in [0.3, 0.4) is 0 Å². The van der Waals surface area contributed by atoms with Gasteiger partial charge in [-0.25, -0.2) is 18.8 Å². The number of imide groups is 1. The summed E-state index contributed by atoms with van der Waals surface area (Å²) in [6.45, 7) is -0.509. The minimum atomic E-state index is -0.923. The molecule has 1 aliphatic heterocycles. The average Bonchev–Trinajstić information content (AvgIpc) is 3.33. The molecule has 1 saturated carbocycles. The van der Waals surface area contributed by atoms with Gasteiger partial charge in [-0.05, 0) is 30.5 Å². The van der Waals surface area contributed by atoms with Crippen LogP contribution >= 0.6 is 11.3 Å². The lowest BCUT2D eigenvalue weighted by Gasteiger charge is -2.30. The standard InChI is InChI=1S/C22H20FN5O4S/c23-14-6-4-13(5-7-14)15-11-33-18-17(15)19(30)28(12-24-18)26-16(29)10-27-20(31)22(25-21(27)32)8-2-1-3-9-22/h4-7,11-12H,1-3,8-10H2,(H,25,32)(H,26,29). The first-order valence-corrected chi connectivity index (χ1v) is 11.4. The smallest absolute Gasteiger partial charge is 0.323 e. The summed E-state index contributed by atoms with van der Waals surface area (Å²) >= 11 is 1.26. The Bertz CT molecular complexity index is 1330. The second-order valence-electron chi connectivity index (χ2n) is 8.26. The quantitative estimate of drug-likeness (QED) is 0.571. The molecule has 170 valence electrons. The van der Waals surface area contributed by atoms with Crippen LogP contribution in [-0.4, -0.2) is 44.5 Å². The molecule has 0 unspecified atom stereocenters. The number of carbonyl (C=O) groups is 3. The van der Waals surface area contributed by atoms with Gasteiger partial charge in [-0.1, -0.05) is 31.4 Å². The zero-order valence-corrected chi connectivity index (χ0v) is 18.3. The van der Waals surface area contributed by atoms with Crippen LogP contribution < -0.4 is 16.3 Å². The Balaban J connectivity index is 1.38. The first-order chi connectivity index (χ1) is 15.9. The van der Waals surface area contributed by atoms with Gasteiger partial charge in [0, 0.05) is 10.9 Å². The molecule has 1 spiro atoms. The number of benzene rings is 1. The monoisotopic (exact) mass is 469 g/mol. The van der Waals surface area contributed by atoms with E-state index in [0.29, 0.717) is 28.8 Å². The number of halogens is 1. The molecule has 1 saturated heterocycles. The number of thiophene rings is 1. The third-order valence-electron chi connectivity index (χ3n) is 6.15. The minimum Gasteiger partial charge on any atom is -0.323 e. The van der Waals surface area contributed by atoms with Crippen molar-refractivity contribution in [2.45, 2.75) is 37.6 Å². The van der Waals surface area contributed by atoms with Gasteiger partial charge in [-0.15, -0.1) is 11.3 Å². The van der Waals surface area contributed by atoms with Crippen LogP contribution in [0.5, 0.6) is 0 Å². The van der Waals surface area contributed by atoms with Crippen molar-refractivity contribution in [2.24, 2.45) is 0 Å². The van der Waals surface area contributed by atoms with Gasteiger partial charge in [0.2, 0.25) is 0 Å². The molecule has 9 nitrogen and oxygen atoms in total. The van der Waals surface area contributed by atoms with Gasteiger partial charge >= 0.3 is 6.03 Å². The molecule has 3 aromatic rings. The Morgan fingerprint density at radius 2 is 1.88 bits per heavy atom. The molecule has 5 rings (SSSR count).